The quantitative estimate of drug-likeness (QED) is 0.808. The van der Waals surface area contributed by atoms with E-state index < -0.39 is 0 Å². The van der Waals surface area contributed by atoms with Crippen molar-refractivity contribution in [2.45, 2.75) is 45.6 Å². The number of hydrogen-bond acceptors (Lipinski definition) is 2. The fraction of sp³-hybridized carbons (Fsp3) is 0.714. The van der Waals surface area contributed by atoms with Gasteiger partial charge in [0.15, 0.2) is 0 Å². The molecule has 1 aliphatic carbocycles. The molecule has 1 aromatic heterocycles. The van der Waals surface area contributed by atoms with Gasteiger partial charge in [-0.2, -0.15) is 0 Å². The Labute approximate surface area is 103 Å². The summed E-state index contributed by atoms with van der Waals surface area (Å²) in [7, 11) is 0. The molecule has 0 aromatic carbocycles. The largest absolute Gasteiger partial charge is 0.309 e. The molecule has 1 fully saturated rings. The molecule has 0 amide bonds. The lowest BCUT2D eigenvalue weighted by molar-refractivity contribution is 0.364. The summed E-state index contributed by atoms with van der Waals surface area (Å²) in [6.45, 7) is 5.79. The molecule has 0 aliphatic heterocycles. The Kier molecular flexibility index (Phi) is 4.42. The lowest BCUT2D eigenvalue weighted by Gasteiger charge is -2.24. The van der Waals surface area contributed by atoms with Crippen LogP contribution in [0.2, 0.25) is 0 Å². The van der Waals surface area contributed by atoms with Gasteiger partial charge in [0.2, 0.25) is 0 Å². The SMILES string of the molecule is CCCNC(c1cccs1)C1CCC(C)C1. The van der Waals surface area contributed by atoms with Crippen molar-refractivity contribution in [3.63, 3.8) is 0 Å². The standard InChI is InChI=1S/C14H23NS/c1-3-8-15-14(13-5-4-9-16-13)12-7-6-11(2)10-12/h4-5,9,11-12,14-15H,3,6-8,10H2,1-2H3. The smallest absolute Gasteiger partial charge is 0.0443 e. The second-order valence-corrected chi connectivity index (χ2v) is 6.10. The second kappa shape index (κ2) is 5.83. The summed E-state index contributed by atoms with van der Waals surface area (Å²) in [5.41, 5.74) is 0. The van der Waals surface area contributed by atoms with Gasteiger partial charge in [-0.3, -0.25) is 0 Å². The van der Waals surface area contributed by atoms with E-state index in [1.807, 2.05) is 11.3 Å². The molecule has 90 valence electrons. The van der Waals surface area contributed by atoms with Crippen LogP contribution in [-0.4, -0.2) is 6.54 Å². The average molecular weight is 237 g/mol. The number of hydrogen-bond donors (Lipinski definition) is 1. The van der Waals surface area contributed by atoms with E-state index in [4.69, 9.17) is 0 Å². The van der Waals surface area contributed by atoms with E-state index in [2.05, 4.69) is 36.7 Å². The highest BCUT2D eigenvalue weighted by Crippen LogP contribution is 2.40. The molecule has 1 saturated carbocycles. The Balaban J connectivity index is 2.02. The van der Waals surface area contributed by atoms with E-state index in [-0.39, 0.29) is 0 Å². The molecule has 1 N–H and O–H groups in total. The van der Waals surface area contributed by atoms with Crippen LogP contribution < -0.4 is 5.32 Å². The summed E-state index contributed by atoms with van der Waals surface area (Å²) < 4.78 is 0. The summed E-state index contributed by atoms with van der Waals surface area (Å²) in [6, 6.07) is 5.09. The third kappa shape index (κ3) is 2.86. The minimum absolute atomic E-state index is 0.616. The molecule has 0 bridgehead atoms. The van der Waals surface area contributed by atoms with Crippen molar-refractivity contribution in [1.82, 2.24) is 5.32 Å². The summed E-state index contributed by atoms with van der Waals surface area (Å²) >= 11 is 1.91. The molecule has 2 heteroatoms. The van der Waals surface area contributed by atoms with Crippen LogP contribution >= 0.6 is 11.3 Å². The highest BCUT2D eigenvalue weighted by molar-refractivity contribution is 7.10. The molecule has 1 aliphatic rings. The first kappa shape index (κ1) is 12.1. The molecule has 0 spiro atoms. The van der Waals surface area contributed by atoms with Crippen molar-refractivity contribution < 1.29 is 0 Å². The zero-order chi connectivity index (χ0) is 11.4. The fourth-order valence-electron chi connectivity index (χ4n) is 2.82. The number of nitrogens with one attached hydrogen (secondary N) is 1. The molecule has 1 aromatic rings. The minimum atomic E-state index is 0.616. The zero-order valence-electron chi connectivity index (χ0n) is 10.4. The summed E-state index contributed by atoms with van der Waals surface area (Å²) in [5, 5.41) is 5.95. The molecule has 1 heterocycles. The molecular weight excluding hydrogens is 214 g/mol. The van der Waals surface area contributed by atoms with Crippen molar-refractivity contribution >= 4 is 11.3 Å². The van der Waals surface area contributed by atoms with Crippen molar-refractivity contribution in [2.75, 3.05) is 6.54 Å². The van der Waals surface area contributed by atoms with Crippen LogP contribution in [0.5, 0.6) is 0 Å². The van der Waals surface area contributed by atoms with Gasteiger partial charge in [0, 0.05) is 10.9 Å². The first-order valence-corrected chi connectivity index (χ1v) is 7.46. The highest BCUT2D eigenvalue weighted by Gasteiger charge is 2.29. The Bertz CT molecular complexity index is 294. The van der Waals surface area contributed by atoms with Gasteiger partial charge in [0.25, 0.3) is 0 Å². The van der Waals surface area contributed by atoms with Gasteiger partial charge in [-0.05, 0) is 49.1 Å². The van der Waals surface area contributed by atoms with Gasteiger partial charge in [-0.1, -0.05) is 26.3 Å². The third-order valence-corrected chi connectivity index (χ3v) is 4.63. The third-order valence-electron chi connectivity index (χ3n) is 3.67. The Morgan fingerprint density at radius 1 is 1.50 bits per heavy atom. The Morgan fingerprint density at radius 3 is 2.94 bits per heavy atom. The predicted molar refractivity (Wildman–Crippen MR) is 71.9 cm³/mol. The second-order valence-electron chi connectivity index (χ2n) is 5.13. The molecule has 16 heavy (non-hydrogen) atoms. The first-order valence-electron chi connectivity index (χ1n) is 6.58. The van der Waals surface area contributed by atoms with Crippen LogP contribution in [0.3, 0.4) is 0 Å². The maximum Gasteiger partial charge on any atom is 0.0443 e. The van der Waals surface area contributed by atoms with E-state index in [0.717, 1.165) is 18.4 Å². The van der Waals surface area contributed by atoms with E-state index in [0.29, 0.717) is 6.04 Å². The van der Waals surface area contributed by atoms with Crippen LogP contribution in [0.15, 0.2) is 17.5 Å². The normalized spacial score (nSPS) is 27.1. The minimum Gasteiger partial charge on any atom is -0.309 e. The highest BCUT2D eigenvalue weighted by atomic mass is 32.1. The van der Waals surface area contributed by atoms with E-state index in [1.54, 1.807) is 0 Å². The van der Waals surface area contributed by atoms with Crippen molar-refractivity contribution in [1.29, 1.82) is 0 Å². The van der Waals surface area contributed by atoms with Gasteiger partial charge < -0.3 is 5.32 Å². The van der Waals surface area contributed by atoms with Gasteiger partial charge in [-0.25, -0.2) is 0 Å². The average Bonchev–Trinajstić information content (AvgIpc) is 2.91. The number of rotatable bonds is 5. The summed E-state index contributed by atoms with van der Waals surface area (Å²) in [5.74, 6) is 1.79. The van der Waals surface area contributed by atoms with Crippen molar-refractivity contribution in [3.05, 3.63) is 22.4 Å². The maximum atomic E-state index is 3.74. The first-order chi connectivity index (χ1) is 7.81. The molecular formula is C14H23NS. The Morgan fingerprint density at radius 2 is 2.38 bits per heavy atom. The van der Waals surface area contributed by atoms with Gasteiger partial charge in [-0.15, -0.1) is 11.3 Å². The molecule has 3 atom stereocenters. The molecule has 1 nitrogen and oxygen atoms in total. The lowest BCUT2D eigenvalue weighted by Crippen LogP contribution is -2.27. The van der Waals surface area contributed by atoms with Crippen molar-refractivity contribution in [2.24, 2.45) is 11.8 Å². The predicted octanol–water partition coefficient (Wildman–Crippen LogP) is 4.23. The monoisotopic (exact) mass is 237 g/mol. The van der Waals surface area contributed by atoms with Crippen LogP contribution in [0.1, 0.15) is 50.4 Å². The van der Waals surface area contributed by atoms with Gasteiger partial charge in [0.1, 0.15) is 0 Å². The molecule has 3 unspecified atom stereocenters. The van der Waals surface area contributed by atoms with E-state index >= 15 is 0 Å². The number of thiophene rings is 1. The summed E-state index contributed by atoms with van der Waals surface area (Å²) in [6.07, 6.45) is 5.45. The van der Waals surface area contributed by atoms with Crippen LogP contribution in [0.4, 0.5) is 0 Å². The Hall–Kier alpha value is -0.340. The molecule has 0 saturated heterocycles. The fourth-order valence-corrected chi connectivity index (χ4v) is 3.72. The topological polar surface area (TPSA) is 12.0 Å². The van der Waals surface area contributed by atoms with Crippen LogP contribution in [0, 0.1) is 11.8 Å². The van der Waals surface area contributed by atoms with Crippen LogP contribution in [-0.2, 0) is 0 Å². The molecule has 0 radical (unpaired) electrons. The van der Waals surface area contributed by atoms with Crippen molar-refractivity contribution in [3.8, 4) is 0 Å². The van der Waals surface area contributed by atoms with Gasteiger partial charge in [0.05, 0.1) is 0 Å². The van der Waals surface area contributed by atoms with Crippen LogP contribution in [0.25, 0.3) is 0 Å². The zero-order valence-corrected chi connectivity index (χ0v) is 11.2. The van der Waals surface area contributed by atoms with E-state index in [1.165, 1.54) is 30.6 Å². The van der Waals surface area contributed by atoms with E-state index in [9.17, 15) is 0 Å². The molecule has 2 rings (SSSR count). The summed E-state index contributed by atoms with van der Waals surface area (Å²) in [4.78, 5) is 1.53. The lowest BCUT2D eigenvalue weighted by atomic mass is 9.95. The maximum absolute atomic E-state index is 3.74. The van der Waals surface area contributed by atoms with Gasteiger partial charge >= 0.3 is 0 Å².